The van der Waals surface area contributed by atoms with Gasteiger partial charge in [-0.25, -0.2) is 0 Å². The molecule has 0 aromatic heterocycles. The minimum absolute atomic E-state index is 0.196. The van der Waals surface area contributed by atoms with Crippen LogP contribution in [0.4, 0.5) is 0 Å². The zero-order valence-corrected chi connectivity index (χ0v) is 17.4. The van der Waals surface area contributed by atoms with E-state index in [0.29, 0.717) is 11.9 Å². The maximum absolute atomic E-state index is 12.8. The fourth-order valence-electron chi connectivity index (χ4n) is 3.85. The van der Waals surface area contributed by atoms with Gasteiger partial charge in [0.2, 0.25) is 5.91 Å². The maximum atomic E-state index is 12.8. The van der Waals surface area contributed by atoms with Crippen LogP contribution in [-0.4, -0.2) is 54.0 Å². The number of piperazine rings is 1. The molecule has 138 valence electrons. The minimum atomic E-state index is 0.196. The lowest BCUT2D eigenvalue weighted by Gasteiger charge is -2.39. The van der Waals surface area contributed by atoms with Crippen molar-refractivity contribution in [3.05, 3.63) is 27.8 Å². The van der Waals surface area contributed by atoms with Crippen LogP contribution >= 0.6 is 22.6 Å². The lowest BCUT2D eigenvalue weighted by Crippen LogP contribution is -2.52. The summed E-state index contributed by atoms with van der Waals surface area (Å²) in [5.74, 6) is 1.51. The number of benzene rings is 1. The molecule has 0 radical (unpaired) electrons. The molecule has 1 aliphatic carbocycles. The SMILES string of the molecule is CC(C)N1CCN(C(=O)[C@H]2CC[C@H](Oc3ccc(I)cc3)CC2)CC1. The van der Waals surface area contributed by atoms with Gasteiger partial charge in [-0.1, -0.05) is 0 Å². The van der Waals surface area contributed by atoms with Crippen LogP contribution in [0.5, 0.6) is 5.75 Å². The molecule has 4 nitrogen and oxygen atoms in total. The molecule has 0 spiro atoms. The van der Waals surface area contributed by atoms with Gasteiger partial charge in [-0.2, -0.15) is 0 Å². The molecule has 0 unspecified atom stereocenters. The molecule has 0 atom stereocenters. The lowest BCUT2D eigenvalue weighted by molar-refractivity contribution is -0.139. The van der Waals surface area contributed by atoms with Crippen molar-refractivity contribution >= 4 is 28.5 Å². The molecule has 5 heteroatoms. The van der Waals surface area contributed by atoms with Crippen molar-refractivity contribution in [3.63, 3.8) is 0 Å². The van der Waals surface area contributed by atoms with Gasteiger partial charge < -0.3 is 9.64 Å². The van der Waals surface area contributed by atoms with Crippen LogP contribution in [-0.2, 0) is 4.79 Å². The number of carbonyl (C=O) groups is 1. The van der Waals surface area contributed by atoms with Gasteiger partial charge in [-0.3, -0.25) is 9.69 Å². The van der Waals surface area contributed by atoms with Crippen LogP contribution in [0.25, 0.3) is 0 Å². The van der Waals surface area contributed by atoms with Crippen molar-refractivity contribution in [2.45, 2.75) is 51.7 Å². The Morgan fingerprint density at radius 1 is 1.04 bits per heavy atom. The second-order valence-electron chi connectivity index (χ2n) is 7.50. The summed E-state index contributed by atoms with van der Waals surface area (Å²) >= 11 is 2.30. The van der Waals surface area contributed by atoms with Crippen LogP contribution < -0.4 is 4.74 Å². The van der Waals surface area contributed by atoms with Gasteiger partial charge >= 0.3 is 0 Å². The van der Waals surface area contributed by atoms with E-state index in [2.05, 4.69) is 58.4 Å². The molecular weight excluding hydrogens is 427 g/mol. The summed E-state index contributed by atoms with van der Waals surface area (Å²) in [6.07, 6.45) is 4.13. The van der Waals surface area contributed by atoms with E-state index in [9.17, 15) is 4.79 Å². The lowest BCUT2D eigenvalue weighted by atomic mass is 9.86. The summed E-state index contributed by atoms with van der Waals surface area (Å²) in [7, 11) is 0. The van der Waals surface area contributed by atoms with Crippen molar-refractivity contribution in [1.82, 2.24) is 9.80 Å². The number of amides is 1. The third-order valence-electron chi connectivity index (χ3n) is 5.50. The van der Waals surface area contributed by atoms with Crippen molar-refractivity contribution in [2.24, 2.45) is 5.92 Å². The molecule has 1 heterocycles. The number of rotatable bonds is 4. The fourth-order valence-corrected chi connectivity index (χ4v) is 4.21. The van der Waals surface area contributed by atoms with E-state index in [1.165, 1.54) is 3.57 Å². The van der Waals surface area contributed by atoms with Gasteiger partial charge in [0.1, 0.15) is 5.75 Å². The molecule has 3 rings (SSSR count). The third kappa shape index (κ3) is 5.09. The first kappa shape index (κ1) is 19.0. The zero-order valence-electron chi connectivity index (χ0n) is 15.3. The number of hydrogen-bond donors (Lipinski definition) is 0. The summed E-state index contributed by atoms with van der Waals surface area (Å²) in [6, 6.07) is 8.79. The minimum Gasteiger partial charge on any atom is -0.490 e. The molecule has 0 N–H and O–H groups in total. The fraction of sp³-hybridized carbons (Fsp3) is 0.650. The van der Waals surface area contributed by atoms with Crippen LogP contribution in [0.2, 0.25) is 0 Å². The van der Waals surface area contributed by atoms with Crippen molar-refractivity contribution < 1.29 is 9.53 Å². The number of halogens is 1. The molecular formula is C20H29IN2O2. The Hall–Kier alpha value is -0.820. The van der Waals surface area contributed by atoms with Gasteiger partial charge in [0.25, 0.3) is 0 Å². The van der Waals surface area contributed by atoms with E-state index in [1.54, 1.807) is 0 Å². The molecule has 1 amide bonds. The van der Waals surface area contributed by atoms with E-state index in [1.807, 2.05) is 12.1 Å². The van der Waals surface area contributed by atoms with Crippen LogP contribution in [0.15, 0.2) is 24.3 Å². The zero-order chi connectivity index (χ0) is 17.8. The average molecular weight is 456 g/mol. The summed E-state index contributed by atoms with van der Waals surface area (Å²) < 4.78 is 7.31. The molecule has 25 heavy (non-hydrogen) atoms. The molecule has 1 aromatic rings. The van der Waals surface area contributed by atoms with E-state index in [-0.39, 0.29) is 12.0 Å². The second kappa shape index (κ2) is 8.71. The Bertz CT molecular complexity index is 560. The molecule has 2 aliphatic rings. The highest BCUT2D eigenvalue weighted by atomic mass is 127. The van der Waals surface area contributed by atoms with Crippen molar-refractivity contribution in [3.8, 4) is 5.75 Å². The molecule has 2 fully saturated rings. The first-order valence-corrected chi connectivity index (χ1v) is 10.6. The predicted molar refractivity (Wildman–Crippen MR) is 109 cm³/mol. The van der Waals surface area contributed by atoms with E-state index >= 15 is 0 Å². The van der Waals surface area contributed by atoms with Gasteiger partial charge in [-0.15, -0.1) is 0 Å². The summed E-state index contributed by atoms with van der Waals surface area (Å²) in [5, 5.41) is 0. The quantitative estimate of drug-likeness (QED) is 0.647. The maximum Gasteiger partial charge on any atom is 0.225 e. The normalized spacial score (nSPS) is 25.2. The Kier molecular flexibility index (Phi) is 6.61. The van der Waals surface area contributed by atoms with Gasteiger partial charge in [-0.05, 0) is 86.4 Å². The first-order valence-electron chi connectivity index (χ1n) is 9.48. The highest BCUT2D eigenvalue weighted by Crippen LogP contribution is 2.29. The number of hydrogen-bond acceptors (Lipinski definition) is 3. The number of ether oxygens (including phenoxy) is 1. The third-order valence-corrected chi connectivity index (χ3v) is 6.22. The second-order valence-corrected chi connectivity index (χ2v) is 8.75. The van der Waals surface area contributed by atoms with E-state index in [0.717, 1.165) is 57.6 Å². The predicted octanol–water partition coefficient (Wildman–Crippen LogP) is 3.78. The monoisotopic (exact) mass is 456 g/mol. The van der Waals surface area contributed by atoms with Crippen LogP contribution in [0, 0.1) is 9.49 Å². The van der Waals surface area contributed by atoms with E-state index in [4.69, 9.17) is 4.74 Å². The molecule has 0 bridgehead atoms. The average Bonchev–Trinajstić information content (AvgIpc) is 2.64. The Morgan fingerprint density at radius 3 is 2.20 bits per heavy atom. The van der Waals surface area contributed by atoms with Crippen LogP contribution in [0.1, 0.15) is 39.5 Å². The molecule has 1 aliphatic heterocycles. The van der Waals surface area contributed by atoms with Gasteiger partial charge in [0.05, 0.1) is 6.10 Å². The van der Waals surface area contributed by atoms with Gasteiger partial charge in [0.15, 0.2) is 0 Å². The smallest absolute Gasteiger partial charge is 0.225 e. The highest BCUT2D eigenvalue weighted by Gasteiger charge is 2.32. The summed E-state index contributed by atoms with van der Waals surface area (Å²) in [4.78, 5) is 17.3. The molecule has 1 saturated carbocycles. The number of carbonyl (C=O) groups excluding carboxylic acids is 1. The topological polar surface area (TPSA) is 32.8 Å². The largest absolute Gasteiger partial charge is 0.490 e. The Balaban J connectivity index is 1.44. The summed E-state index contributed by atoms with van der Waals surface area (Å²) in [6.45, 7) is 8.24. The first-order chi connectivity index (χ1) is 12.0. The Labute approximate surface area is 165 Å². The molecule has 1 saturated heterocycles. The number of nitrogens with zero attached hydrogens (tertiary/aromatic N) is 2. The van der Waals surface area contributed by atoms with Crippen molar-refractivity contribution in [2.75, 3.05) is 26.2 Å². The van der Waals surface area contributed by atoms with Crippen LogP contribution in [0.3, 0.4) is 0 Å². The van der Waals surface area contributed by atoms with E-state index < -0.39 is 0 Å². The summed E-state index contributed by atoms with van der Waals surface area (Å²) in [5.41, 5.74) is 0. The van der Waals surface area contributed by atoms with Gasteiger partial charge in [0, 0.05) is 41.7 Å². The Morgan fingerprint density at radius 2 is 1.64 bits per heavy atom. The standard InChI is InChI=1S/C20H29IN2O2/c1-15(2)22-11-13-23(14-12-22)20(24)16-3-7-18(8-4-16)25-19-9-5-17(21)6-10-19/h5-6,9-10,15-16,18H,3-4,7-8,11-14H2,1-2H3/t16-,18-. The van der Waals surface area contributed by atoms with Crippen molar-refractivity contribution in [1.29, 1.82) is 0 Å². The molecule has 1 aromatic carbocycles. The highest BCUT2D eigenvalue weighted by molar-refractivity contribution is 14.1.